The Labute approximate surface area is 169 Å². The highest BCUT2D eigenvalue weighted by Gasteiger charge is 2.23. The van der Waals surface area contributed by atoms with Crippen LogP contribution in [-0.2, 0) is 13.6 Å². The Kier molecular flexibility index (Phi) is 4.98. The molecule has 30 heavy (non-hydrogen) atoms. The Morgan fingerprint density at radius 2 is 1.90 bits per heavy atom. The number of carbonyl (C=O) groups excluding carboxylic acids is 1. The molecule has 0 spiro atoms. The van der Waals surface area contributed by atoms with Gasteiger partial charge in [-0.05, 0) is 30.3 Å². The molecule has 7 nitrogen and oxygen atoms in total. The summed E-state index contributed by atoms with van der Waals surface area (Å²) in [7, 11) is 3.36. The molecule has 10 heteroatoms. The molecule has 3 aromatic heterocycles. The van der Waals surface area contributed by atoms with Gasteiger partial charge < -0.3 is 4.90 Å². The van der Waals surface area contributed by atoms with Gasteiger partial charge in [0.1, 0.15) is 17.1 Å². The number of alkyl halides is 2. The van der Waals surface area contributed by atoms with Crippen molar-refractivity contribution < 1.29 is 18.0 Å². The second-order valence-electron chi connectivity index (χ2n) is 6.85. The Balaban J connectivity index is 1.76. The molecule has 1 aromatic carbocycles. The lowest BCUT2D eigenvalue weighted by atomic mass is 10.1. The van der Waals surface area contributed by atoms with Crippen molar-refractivity contribution in [2.45, 2.75) is 13.0 Å². The van der Waals surface area contributed by atoms with E-state index < -0.39 is 23.8 Å². The second-order valence-corrected chi connectivity index (χ2v) is 6.85. The smallest absolute Gasteiger partial charge is 0.280 e. The van der Waals surface area contributed by atoms with Gasteiger partial charge in [0, 0.05) is 38.0 Å². The minimum absolute atomic E-state index is 0.00941. The van der Waals surface area contributed by atoms with Crippen LogP contribution in [0, 0.1) is 5.82 Å². The molecule has 4 rings (SSSR count). The zero-order valence-electron chi connectivity index (χ0n) is 16.1. The maximum atomic E-state index is 13.7. The minimum Gasteiger partial charge on any atom is -0.337 e. The number of amides is 1. The summed E-state index contributed by atoms with van der Waals surface area (Å²) in [5, 5.41) is 8.02. The van der Waals surface area contributed by atoms with E-state index >= 15 is 0 Å². The van der Waals surface area contributed by atoms with Crippen LogP contribution in [0.2, 0.25) is 0 Å². The summed E-state index contributed by atoms with van der Waals surface area (Å²) < 4.78 is 43.1. The van der Waals surface area contributed by atoms with E-state index in [-0.39, 0.29) is 23.4 Å². The highest BCUT2D eigenvalue weighted by molar-refractivity contribution is 5.99. The van der Waals surface area contributed by atoms with E-state index in [9.17, 15) is 18.0 Å². The van der Waals surface area contributed by atoms with Crippen molar-refractivity contribution in [3.63, 3.8) is 0 Å². The Morgan fingerprint density at radius 1 is 1.17 bits per heavy atom. The van der Waals surface area contributed by atoms with Gasteiger partial charge in [-0.15, -0.1) is 0 Å². The topological polar surface area (TPSA) is 68.3 Å². The molecular weight excluding hydrogens is 397 g/mol. The van der Waals surface area contributed by atoms with Crippen LogP contribution in [0.1, 0.15) is 28.0 Å². The van der Waals surface area contributed by atoms with E-state index in [2.05, 4.69) is 15.2 Å². The molecular formula is C20H17F3N6O. The SMILES string of the molecule is CN(Cc1cnn(C)c1)C(=O)c1cnn2c(C(F)F)cc(-c3ccc(F)cc3)nc12. The van der Waals surface area contributed by atoms with E-state index in [1.165, 1.54) is 41.4 Å². The number of hydrogen-bond donors (Lipinski definition) is 0. The quantitative estimate of drug-likeness (QED) is 0.502. The highest BCUT2D eigenvalue weighted by Crippen LogP contribution is 2.27. The summed E-state index contributed by atoms with van der Waals surface area (Å²) in [5.41, 5.74) is 1.15. The first-order valence-corrected chi connectivity index (χ1v) is 8.99. The molecule has 0 bridgehead atoms. The van der Waals surface area contributed by atoms with Crippen LogP contribution in [-0.4, -0.2) is 42.2 Å². The summed E-state index contributed by atoms with van der Waals surface area (Å²) >= 11 is 0. The summed E-state index contributed by atoms with van der Waals surface area (Å²) in [4.78, 5) is 18.8. The molecule has 154 valence electrons. The average molecular weight is 414 g/mol. The summed E-state index contributed by atoms with van der Waals surface area (Å²) in [6, 6.07) is 6.50. The predicted octanol–water partition coefficient (Wildman–Crippen LogP) is 3.48. The van der Waals surface area contributed by atoms with Crippen molar-refractivity contribution in [1.82, 2.24) is 29.3 Å². The monoisotopic (exact) mass is 414 g/mol. The Hall–Kier alpha value is -3.69. The molecule has 0 fully saturated rings. The number of nitrogens with zero attached hydrogens (tertiary/aromatic N) is 6. The fraction of sp³-hybridized carbons (Fsp3) is 0.200. The lowest BCUT2D eigenvalue weighted by molar-refractivity contribution is 0.0786. The van der Waals surface area contributed by atoms with E-state index in [1.807, 2.05) is 0 Å². The molecule has 1 amide bonds. The first-order valence-electron chi connectivity index (χ1n) is 8.99. The van der Waals surface area contributed by atoms with Crippen molar-refractivity contribution in [2.24, 2.45) is 7.05 Å². The number of aryl methyl sites for hydroxylation is 1. The third-order valence-electron chi connectivity index (χ3n) is 4.62. The number of rotatable bonds is 5. The van der Waals surface area contributed by atoms with Crippen LogP contribution in [0.5, 0.6) is 0 Å². The van der Waals surface area contributed by atoms with E-state index in [4.69, 9.17) is 0 Å². The first-order chi connectivity index (χ1) is 14.3. The number of hydrogen-bond acceptors (Lipinski definition) is 4. The van der Waals surface area contributed by atoms with Crippen LogP contribution in [0.3, 0.4) is 0 Å². The fourth-order valence-electron chi connectivity index (χ4n) is 3.17. The number of benzene rings is 1. The van der Waals surface area contributed by atoms with Gasteiger partial charge in [0.05, 0.1) is 18.1 Å². The van der Waals surface area contributed by atoms with Gasteiger partial charge >= 0.3 is 0 Å². The van der Waals surface area contributed by atoms with E-state index in [0.717, 1.165) is 10.1 Å². The second kappa shape index (κ2) is 7.62. The molecule has 0 atom stereocenters. The van der Waals surface area contributed by atoms with Crippen molar-refractivity contribution in [3.8, 4) is 11.3 Å². The standard InChI is InChI=1S/C20H17F3N6O/c1-27(10-12-8-24-28(2)11-12)20(30)15-9-25-29-17(18(22)23)7-16(26-19(15)29)13-3-5-14(21)6-4-13/h3-9,11,18H,10H2,1-2H3. The lowest BCUT2D eigenvalue weighted by Gasteiger charge is -2.15. The third-order valence-corrected chi connectivity index (χ3v) is 4.62. The minimum atomic E-state index is -2.84. The van der Waals surface area contributed by atoms with Crippen molar-refractivity contribution in [1.29, 1.82) is 0 Å². The molecule has 0 saturated carbocycles. The van der Waals surface area contributed by atoms with Crippen molar-refractivity contribution in [3.05, 3.63) is 71.6 Å². The van der Waals surface area contributed by atoms with Gasteiger partial charge in [-0.25, -0.2) is 22.7 Å². The number of halogens is 3. The molecule has 0 unspecified atom stereocenters. The van der Waals surface area contributed by atoms with E-state index in [0.29, 0.717) is 5.56 Å². The lowest BCUT2D eigenvalue weighted by Crippen LogP contribution is -2.26. The third kappa shape index (κ3) is 3.63. The van der Waals surface area contributed by atoms with Crippen LogP contribution in [0.15, 0.2) is 48.9 Å². The molecule has 3 heterocycles. The fourth-order valence-corrected chi connectivity index (χ4v) is 3.17. The normalized spacial score (nSPS) is 11.4. The largest absolute Gasteiger partial charge is 0.337 e. The molecule has 0 aliphatic rings. The molecule has 0 aliphatic heterocycles. The molecule has 0 radical (unpaired) electrons. The van der Waals surface area contributed by atoms with Gasteiger partial charge in [-0.2, -0.15) is 10.2 Å². The molecule has 4 aromatic rings. The van der Waals surface area contributed by atoms with Gasteiger partial charge in [-0.3, -0.25) is 9.48 Å². The number of aromatic nitrogens is 5. The molecule has 0 N–H and O–H groups in total. The number of carbonyl (C=O) groups is 1. The van der Waals surface area contributed by atoms with Gasteiger partial charge in [0.2, 0.25) is 0 Å². The van der Waals surface area contributed by atoms with Crippen molar-refractivity contribution in [2.75, 3.05) is 7.05 Å². The average Bonchev–Trinajstić information content (AvgIpc) is 3.33. The zero-order chi connectivity index (χ0) is 21.4. The first kappa shape index (κ1) is 19.6. The highest BCUT2D eigenvalue weighted by atomic mass is 19.3. The maximum Gasteiger partial charge on any atom is 0.280 e. The van der Waals surface area contributed by atoms with Crippen LogP contribution in [0.4, 0.5) is 13.2 Å². The number of fused-ring (bicyclic) bond motifs is 1. The van der Waals surface area contributed by atoms with Gasteiger partial charge in [0.15, 0.2) is 5.65 Å². The molecule has 0 aliphatic carbocycles. The van der Waals surface area contributed by atoms with Crippen LogP contribution in [0.25, 0.3) is 16.9 Å². The summed E-state index contributed by atoms with van der Waals surface area (Å²) in [6.07, 6.45) is 1.80. The van der Waals surface area contributed by atoms with Crippen molar-refractivity contribution >= 4 is 11.6 Å². The van der Waals surface area contributed by atoms with Crippen LogP contribution >= 0.6 is 0 Å². The Morgan fingerprint density at radius 3 is 2.53 bits per heavy atom. The Bertz CT molecular complexity index is 1220. The molecule has 0 saturated heterocycles. The summed E-state index contributed by atoms with van der Waals surface area (Å²) in [6.45, 7) is 0.281. The van der Waals surface area contributed by atoms with Gasteiger partial charge in [0.25, 0.3) is 12.3 Å². The van der Waals surface area contributed by atoms with Crippen LogP contribution < -0.4 is 0 Å². The predicted molar refractivity (Wildman–Crippen MR) is 102 cm³/mol. The van der Waals surface area contributed by atoms with E-state index in [1.54, 1.807) is 31.2 Å². The van der Waals surface area contributed by atoms with Gasteiger partial charge in [-0.1, -0.05) is 0 Å². The zero-order valence-corrected chi connectivity index (χ0v) is 16.1. The maximum absolute atomic E-state index is 13.7. The summed E-state index contributed by atoms with van der Waals surface area (Å²) in [5.74, 6) is -0.871.